The van der Waals surface area contributed by atoms with E-state index in [1.807, 2.05) is 6.08 Å². The smallest absolute Gasteiger partial charge is 0.305 e. The van der Waals surface area contributed by atoms with Crippen molar-refractivity contribution in [1.29, 1.82) is 0 Å². The number of ether oxygens (including phenoxy) is 1. The Balaban J connectivity index is 3.34. The minimum absolute atomic E-state index is 0.0129. The molecule has 0 saturated heterocycles. The molecule has 0 aromatic rings. The molecule has 0 saturated carbocycles. The second-order valence-electron chi connectivity index (χ2n) is 25.6. The Morgan fingerprint density at radius 3 is 0.928 bits per heavy atom. The molecule has 0 radical (unpaired) electrons. The molecule has 0 bridgehead atoms. The van der Waals surface area contributed by atoms with Crippen molar-refractivity contribution in [3.05, 3.63) is 48.6 Å². The normalized spacial score (nSPS) is 12.8. The van der Waals surface area contributed by atoms with Gasteiger partial charge in [-0.25, -0.2) is 0 Å². The number of nitrogens with one attached hydrogen (secondary N) is 1. The molecule has 3 N–H and O–H groups in total. The lowest BCUT2D eigenvalue weighted by atomic mass is 10.0. The van der Waals surface area contributed by atoms with Crippen LogP contribution in [-0.4, -0.2) is 47.4 Å². The van der Waals surface area contributed by atoms with Gasteiger partial charge in [-0.3, -0.25) is 9.59 Å². The zero-order chi connectivity index (χ0) is 59.9. The van der Waals surface area contributed by atoms with Gasteiger partial charge in [0.15, 0.2) is 0 Å². The van der Waals surface area contributed by atoms with Crippen molar-refractivity contribution in [2.24, 2.45) is 0 Å². The van der Waals surface area contributed by atoms with Crippen LogP contribution in [0.5, 0.6) is 0 Å². The van der Waals surface area contributed by atoms with Crippen LogP contribution in [0.1, 0.15) is 406 Å². The first-order chi connectivity index (χ1) is 41.0. The number of hydrogen-bond acceptors (Lipinski definition) is 5. The molecule has 0 aromatic heterocycles. The SMILES string of the molecule is CCCCCCCCC/C=C\CCCCCCCC(=O)OCCCCCCCCCCCCCCCCC/C=C\C/C=C\CCCCCCCCCCCCCCCCCCCC(=O)NC(CO)C(O)/C=C/CCCCCCCCCCC. The largest absolute Gasteiger partial charge is 0.466 e. The van der Waals surface area contributed by atoms with Crippen LogP contribution in [0.15, 0.2) is 48.6 Å². The van der Waals surface area contributed by atoms with Crippen molar-refractivity contribution in [3.63, 3.8) is 0 Å². The van der Waals surface area contributed by atoms with E-state index in [1.54, 1.807) is 6.08 Å². The number of allylic oxidation sites excluding steroid dienone is 7. The first kappa shape index (κ1) is 80.8. The molecule has 0 spiro atoms. The molecular formula is C77H145NO5. The van der Waals surface area contributed by atoms with Gasteiger partial charge in [0.1, 0.15) is 0 Å². The molecule has 6 nitrogen and oxygen atoms in total. The van der Waals surface area contributed by atoms with Crippen LogP contribution in [0, 0.1) is 0 Å². The predicted octanol–water partition coefficient (Wildman–Crippen LogP) is 24.4. The van der Waals surface area contributed by atoms with Crippen molar-refractivity contribution >= 4 is 11.9 Å². The van der Waals surface area contributed by atoms with Gasteiger partial charge >= 0.3 is 5.97 Å². The summed E-state index contributed by atoms with van der Waals surface area (Å²) in [6, 6.07) is -0.624. The summed E-state index contributed by atoms with van der Waals surface area (Å²) >= 11 is 0. The summed E-state index contributed by atoms with van der Waals surface area (Å²) in [4.78, 5) is 24.5. The number of amides is 1. The number of carbonyl (C=O) groups excluding carboxylic acids is 2. The highest BCUT2D eigenvalue weighted by atomic mass is 16.5. The van der Waals surface area contributed by atoms with Crippen LogP contribution in [0.25, 0.3) is 0 Å². The second kappa shape index (κ2) is 72.3. The van der Waals surface area contributed by atoms with Crippen molar-refractivity contribution in [2.75, 3.05) is 13.2 Å². The van der Waals surface area contributed by atoms with Gasteiger partial charge < -0.3 is 20.3 Å². The zero-order valence-corrected chi connectivity index (χ0v) is 55.9. The molecule has 0 aliphatic carbocycles. The third-order valence-corrected chi connectivity index (χ3v) is 17.3. The van der Waals surface area contributed by atoms with E-state index in [1.165, 1.54) is 327 Å². The van der Waals surface area contributed by atoms with E-state index < -0.39 is 12.1 Å². The second-order valence-corrected chi connectivity index (χ2v) is 25.6. The summed E-state index contributed by atoms with van der Waals surface area (Å²) in [5.74, 6) is -0.0520. The van der Waals surface area contributed by atoms with E-state index in [-0.39, 0.29) is 18.5 Å². The van der Waals surface area contributed by atoms with E-state index in [0.29, 0.717) is 19.4 Å². The summed E-state index contributed by atoms with van der Waals surface area (Å²) < 4.78 is 5.50. The zero-order valence-electron chi connectivity index (χ0n) is 55.9. The van der Waals surface area contributed by atoms with Gasteiger partial charge in [-0.1, -0.05) is 351 Å². The quantitative estimate of drug-likeness (QED) is 0.0320. The third-order valence-electron chi connectivity index (χ3n) is 17.3. The van der Waals surface area contributed by atoms with Crippen molar-refractivity contribution in [2.45, 2.75) is 418 Å². The fraction of sp³-hybridized carbons (Fsp3) is 0.870. The molecule has 83 heavy (non-hydrogen) atoms. The Morgan fingerprint density at radius 2 is 0.602 bits per heavy atom. The highest BCUT2D eigenvalue weighted by molar-refractivity contribution is 5.76. The van der Waals surface area contributed by atoms with E-state index in [9.17, 15) is 19.8 Å². The lowest BCUT2D eigenvalue weighted by Crippen LogP contribution is -2.45. The first-order valence-electron chi connectivity index (χ1n) is 37.4. The summed E-state index contributed by atoms with van der Waals surface area (Å²) in [6.07, 6.45) is 95.2. The monoisotopic (exact) mass is 1160 g/mol. The van der Waals surface area contributed by atoms with Gasteiger partial charge in [0.25, 0.3) is 0 Å². The number of carbonyl (C=O) groups is 2. The number of esters is 1. The standard InChI is InChI=1S/C77H145NO5/c1-3-5-7-9-11-13-15-16-17-44-47-51-55-59-63-67-71-77(82)83-72-68-64-60-56-52-48-45-42-40-38-36-34-32-30-28-26-24-22-20-18-19-21-23-25-27-29-31-33-35-37-39-41-43-46-50-54-58-62-66-70-76(81)78-74(73-79)75(80)69-65-61-57-53-49-14-12-10-8-6-4-2/h17-19,22,24,44,65,69,74-75,79-80H,3-16,20-21,23,25-43,45-64,66-68,70-73H2,1-2H3,(H,78,81)/b19-18-,24-22-,44-17-,69-65+. The highest BCUT2D eigenvalue weighted by Gasteiger charge is 2.18. The van der Waals surface area contributed by atoms with E-state index in [2.05, 4.69) is 55.6 Å². The highest BCUT2D eigenvalue weighted by Crippen LogP contribution is 2.18. The van der Waals surface area contributed by atoms with E-state index in [0.717, 1.165) is 51.4 Å². The van der Waals surface area contributed by atoms with Gasteiger partial charge in [-0.15, -0.1) is 0 Å². The summed E-state index contributed by atoms with van der Waals surface area (Å²) in [6.45, 7) is 4.91. The topological polar surface area (TPSA) is 95.9 Å². The maximum absolute atomic E-state index is 12.4. The van der Waals surface area contributed by atoms with Crippen LogP contribution in [-0.2, 0) is 14.3 Å². The number of unbranched alkanes of at least 4 members (excludes halogenated alkanes) is 53. The van der Waals surface area contributed by atoms with Crippen LogP contribution in [0.2, 0.25) is 0 Å². The fourth-order valence-electron chi connectivity index (χ4n) is 11.6. The molecule has 488 valence electrons. The molecule has 1 amide bonds. The van der Waals surface area contributed by atoms with Crippen molar-refractivity contribution < 1.29 is 24.5 Å². The minimum atomic E-state index is -0.841. The molecule has 0 aliphatic rings. The first-order valence-corrected chi connectivity index (χ1v) is 37.4. The minimum Gasteiger partial charge on any atom is -0.466 e. The van der Waals surface area contributed by atoms with Gasteiger partial charge in [0.05, 0.1) is 25.4 Å². The van der Waals surface area contributed by atoms with Gasteiger partial charge in [0.2, 0.25) is 5.91 Å². The lowest BCUT2D eigenvalue weighted by molar-refractivity contribution is -0.143. The molecule has 0 rings (SSSR count). The summed E-state index contributed by atoms with van der Waals surface area (Å²) in [5.41, 5.74) is 0. The molecule has 6 heteroatoms. The summed E-state index contributed by atoms with van der Waals surface area (Å²) in [5, 5.41) is 23.1. The molecular weight excluding hydrogens is 1020 g/mol. The van der Waals surface area contributed by atoms with Crippen LogP contribution in [0.4, 0.5) is 0 Å². The average molecular weight is 1170 g/mol. The maximum Gasteiger partial charge on any atom is 0.305 e. The molecule has 0 aliphatic heterocycles. The number of aliphatic hydroxyl groups excluding tert-OH is 2. The number of hydrogen-bond donors (Lipinski definition) is 3. The van der Waals surface area contributed by atoms with Gasteiger partial charge in [-0.05, 0) is 89.9 Å². The molecule has 0 fully saturated rings. The van der Waals surface area contributed by atoms with Gasteiger partial charge in [-0.2, -0.15) is 0 Å². The average Bonchev–Trinajstić information content (AvgIpc) is 3.49. The molecule has 0 heterocycles. The molecule has 2 unspecified atom stereocenters. The Labute approximate surface area is 518 Å². The number of aliphatic hydroxyl groups is 2. The summed E-state index contributed by atoms with van der Waals surface area (Å²) in [7, 11) is 0. The van der Waals surface area contributed by atoms with Crippen LogP contribution >= 0.6 is 0 Å². The van der Waals surface area contributed by atoms with Crippen LogP contribution in [0.3, 0.4) is 0 Å². The molecule has 2 atom stereocenters. The van der Waals surface area contributed by atoms with E-state index in [4.69, 9.17) is 4.74 Å². The Bertz CT molecular complexity index is 1390. The van der Waals surface area contributed by atoms with Crippen molar-refractivity contribution in [1.82, 2.24) is 5.32 Å². The Morgan fingerprint density at radius 1 is 0.337 bits per heavy atom. The Hall–Kier alpha value is -2.18. The predicted molar refractivity (Wildman–Crippen MR) is 366 cm³/mol. The third kappa shape index (κ3) is 68.8. The van der Waals surface area contributed by atoms with E-state index >= 15 is 0 Å². The Kier molecular flexibility index (Phi) is 70.4. The number of rotatable bonds is 70. The van der Waals surface area contributed by atoms with Gasteiger partial charge in [0, 0.05) is 12.8 Å². The van der Waals surface area contributed by atoms with Crippen molar-refractivity contribution in [3.8, 4) is 0 Å². The molecule has 0 aromatic carbocycles. The fourth-order valence-corrected chi connectivity index (χ4v) is 11.6. The lowest BCUT2D eigenvalue weighted by Gasteiger charge is -2.20. The van der Waals surface area contributed by atoms with Crippen LogP contribution < -0.4 is 5.32 Å². The maximum atomic E-state index is 12.4.